The molecule has 0 aliphatic carbocycles. The lowest BCUT2D eigenvalue weighted by atomic mass is 10.0. The van der Waals surface area contributed by atoms with E-state index in [1.165, 1.54) is 17.3 Å². The molecule has 0 unspecified atom stereocenters. The van der Waals surface area contributed by atoms with Crippen LogP contribution < -0.4 is 5.32 Å². The van der Waals surface area contributed by atoms with E-state index in [0.29, 0.717) is 10.8 Å². The van der Waals surface area contributed by atoms with Gasteiger partial charge in [0, 0.05) is 15.6 Å². The summed E-state index contributed by atoms with van der Waals surface area (Å²) in [7, 11) is 0. The Balaban J connectivity index is 1.62. The Labute approximate surface area is 157 Å². The Hall–Kier alpha value is -2.23. The molecule has 25 heavy (non-hydrogen) atoms. The first kappa shape index (κ1) is 17.6. The highest BCUT2D eigenvalue weighted by atomic mass is 35.5. The normalized spacial score (nSPS) is 10.4. The molecule has 3 rings (SSSR count). The highest BCUT2D eigenvalue weighted by Gasteiger charge is 2.08. The van der Waals surface area contributed by atoms with Crippen LogP contribution in [0, 0.1) is 0 Å². The second kappa shape index (κ2) is 8.75. The van der Waals surface area contributed by atoms with Crippen molar-refractivity contribution in [2.45, 2.75) is 11.3 Å². The molecule has 2 nitrogen and oxygen atoms in total. The molecule has 4 heteroatoms. The molecule has 1 N–H and O–H groups in total. The van der Waals surface area contributed by atoms with Crippen LogP contribution in [0.3, 0.4) is 0 Å². The van der Waals surface area contributed by atoms with E-state index >= 15 is 0 Å². The Morgan fingerprint density at radius 3 is 2.32 bits per heavy atom. The topological polar surface area (TPSA) is 29.1 Å². The van der Waals surface area contributed by atoms with Gasteiger partial charge in [0.1, 0.15) is 0 Å². The van der Waals surface area contributed by atoms with Gasteiger partial charge < -0.3 is 5.32 Å². The Kier molecular flexibility index (Phi) is 6.15. The zero-order valence-electron chi connectivity index (χ0n) is 13.6. The van der Waals surface area contributed by atoms with E-state index in [0.717, 1.165) is 22.6 Å². The van der Waals surface area contributed by atoms with Crippen molar-refractivity contribution in [3.05, 3.63) is 95.0 Å². The van der Waals surface area contributed by atoms with Crippen molar-refractivity contribution in [2.75, 3.05) is 11.1 Å². The molecule has 0 bridgehead atoms. The van der Waals surface area contributed by atoms with Crippen LogP contribution in [0.15, 0.2) is 83.8 Å². The maximum atomic E-state index is 12.3. The van der Waals surface area contributed by atoms with E-state index in [2.05, 4.69) is 23.5 Å². The molecule has 0 fully saturated rings. The fourth-order valence-electron chi connectivity index (χ4n) is 2.48. The van der Waals surface area contributed by atoms with Crippen molar-refractivity contribution in [3.8, 4) is 0 Å². The highest BCUT2D eigenvalue weighted by Crippen LogP contribution is 2.22. The number of rotatable bonds is 6. The summed E-state index contributed by atoms with van der Waals surface area (Å²) < 4.78 is 0. The maximum absolute atomic E-state index is 12.3. The van der Waals surface area contributed by atoms with Crippen LogP contribution >= 0.6 is 23.4 Å². The molecule has 0 spiro atoms. The van der Waals surface area contributed by atoms with Crippen LogP contribution in [0.4, 0.5) is 5.69 Å². The Morgan fingerprint density at radius 1 is 0.880 bits per heavy atom. The molecule has 0 atom stereocenters. The lowest BCUT2D eigenvalue weighted by Gasteiger charge is -2.11. The van der Waals surface area contributed by atoms with Crippen molar-refractivity contribution in [1.29, 1.82) is 0 Å². The van der Waals surface area contributed by atoms with Gasteiger partial charge in [0.05, 0.1) is 5.75 Å². The number of anilines is 1. The van der Waals surface area contributed by atoms with E-state index in [1.54, 1.807) is 0 Å². The van der Waals surface area contributed by atoms with Gasteiger partial charge in [-0.15, -0.1) is 11.8 Å². The van der Waals surface area contributed by atoms with Crippen molar-refractivity contribution in [2.24, 2.45) is 0 Å². The third-order valence-electron chi connectivity index (χ3n) is 3.71. The number of para-hydroxylation sites is 1. The van der Waals surface area contributed by atoms with E-state index in [4.69, 9.17) is 11.6 Å². The van der Waals surface area contributed by atoms with Crippen LogP contribution in [0.5, 0.6) is 0 Å². The molecular formula is C21H18ClNOS. The fraction of sp³-hybridized carbons (Fsp3) is 0.0952. The summed E-state index contributed by atoms with van der Waals surface area (Å²) in [6.45, 7) is 0. The van der Waals surface area contributed by atoms with Gasteiger partial charge in [0.25, 0.3) is 0 Å². The summed E-state index contributed by atoms with van der Waals surface area (Å²) in [4.78, 5) is 13.3. The summed E-state index contributed by atoms with van der Waals surface area (Å²) in [5.41, 5.74) is 3.20. The number of nitrogens with one attached hydrogen (secondary N) is 1. The fourth-order valence-corrected chi connectivity index (χ4v) is 3.30. The molecule has 0 radical (unpaired) electrons. The molecular weight excluding hydrogens is 350 g/mol. The average Bonchev–Trinajstić information content (AvgIpc) is 2.64. The van der Waals surface area contributed by atoms with Crippen molar-refractivity contribution in [1.82, 2.24) is 0 Å². The lowest BCUT2D eigenvalue weighted by molar-refractivity contribution is -0.113. The number of thioether (sulfide) groups is 1. The average molecular weight is 368 g/mol. The van der Waals surface area contributed by atoms with Crippen LogP contribution in [-0.4, -0.2) is 11.7 Å². The van der Waals surface area contributed by atoms with Gasteiger partial charge >= 0.3 is 0 Å². The van der Waals surface area contributed by atoms with Crippen molar-refractivity contribution < 1.29 is 4.79 Å². The SMILES string of the molecule is O=C(CSc1ccc(Cl)cc1)Nc1ccccc1Cc1ccccc1. The van der Waals surface area contributed by atoms with Gasteiger partial charge in [-0.05, 0) is 47.9 Å². The summed E-state index contributed by atoms with van der Waals surface area (Å²) in [6, 6.07) is 25.7. The minimum Gasteiger partial charge on any atom is -0.325 e. The highest BCUT2D eigenvalue weighted by molar-refractivity contribution is 8.00. The third kappa shape index (κ3) is 5.38. The summed E-state index contributed by atoms with van der Waals surface area (Å²) in [6.07, 6.45) is 0.793. The van der Waals surface area contributed by atoms with Crippen molar-refractivity contribution in [3.63, 3.8) is 0 Å². The second-order valence-corrected chi connectivity index (χ2v) is 7.10. The first-order chi connectivity index (χ1) is 12.2. The quantitative estimate of drug-likeness (QED) is 0.569. The molecule has 0 aliphatic heterocycles. The molecule has 0 saturated heterocycles. The third-order valence-corrected chi connectivity index (χ3v) is 4.98. The van der Waals surface area contributed by atoms with Crippen LogP contribution in [0.1, 0.15) is 11.1 Å². The van der Waals surface area contributed by atoms with Crippen LogP contribution in [-0.2, 0) is 11.2 Å². The predicted molar refractivity (Wildman–Crippen MR) is 106 cm³/mol. The number of amides is 1. The molecule has 0 saturated carbocycles. The number of hydrogen-bond donors (Lipinski definition) is 1. The van der Waals surface area contributed by atoms with Crippen molar-refractivity contribution >= 4 is 35.0 Å². The minimum absolute atomic E-state index is 0.0135. The first-order valence-corrected chi connectivity index (χ1v) is 9.37. The molecule has 0 aromatic heterocycles. The molecule has 3 aromatic carbocycles. The van der Waals surface area contributed by atoms with Crippen LogP contribution in [0.2, 0.25) is 5.02 Å². The number of carbonyl (C=O) groups excluding carboxylic acids is 1. The summed E-state index contributed by atoms with van der Waals surface area (Å²) >= 11 is 7.37. The standard InChI is InChI=1S/C21H18ClNOS/c22-18-10-12-19(13-11-18)25-15-21(24)23-20-9-5-4-8-17(20)14-16-6-2-1-3-7-16/h1-13H,14-15H2,(H,23,24). The van der Waals surface area contributed by atoms with Gasteiger partial charge in [-0.25, -0.2) is 0 Å². The molecule has 126 valence electrons. The number of halogens is 1. The summed E-state index contributed by atoms with van der Waals surface area (Å²) in [5, 5.41) is 3.72. The monoisotopic (exact) mass is 367 g/mol. The Bertz CT molecular complexity index is 834. The smallest absolute Gasteiger partial charge is 0.234 e. The number of hydrogen-bond acceptors (Lipinski definition) is 2. The lowest BCUT2D eigenvalue weighted by Crippen LogP contribution is -2.15. The Morgan fingerprint density at radius 2 is 1.56 bits per heavy atom. The van der Waals surface area contributed by atoms with Gasteiger partial charge in [-0.3, -0.25) is 4.79 Å². The van der Waals surface area contributed by atoms with Gasteiger partial charge in [0.2, 0.25) is 5.91 Å². The van der Waals surface area contributed by atoms with Crippen LogP contribution in [0.25, 0.3) is 0 Å². The van der Waals surface area contributed by atoms with Gasteiger partial charge in [0.15, 0.2) is 0 Å². The van der Waals surface area contributed by atoms with E-state index in [9.17, 15) is 4.79 Å². The van der Waals surface area contributed by atoms with E-state index in [1.807, 2.05) is 60.7 Å². The summed E-state index contributed by atoms with van der Waals surface area (Å²) in [5.74, 6) is 0.349. The largest absolute Gasteiger partial charge is 0.325 e. The zero-order chi connectivity index (χ0) is 17.5. The number of benzene rings is 3. The van der Waals surface area contributed by atoms with E-state index < -0.39 is 0 Å². The molecule has 1 amide bonds. The predicted octanol–water partition coefficient (Wildman–Crippen LogP) is 5.66. The molecule has 0 heterocycles. The molecule has 0 aliphatic rings. The maximum Gasteiger partial charge on any atom is 0.234 e. The zero-order valence-corrected chi connectivity index (χ0v) is 15.2. The first-order valence-electron chi connectivity index (χ1n) is 8.01. The van der Waals surface area contributed by atoms with Gasteiger partial charge in [-0.2, -0.15) is 0 Å². The molecule has 3 aromatic rings. The van der Waals surface area contributed by atoms with Gasteiger partial charge in [-0.1, -0.05) is 60.1 Å². The van der Waals surface area contributed by atoms with E-state index in [-0.39, 0.29) is 5.91 Å². The minimum atomic E-state index is -0.0135. The second-order valence-electron chi connectivity index (χ2n) is 5.61. The number of carbonyl (C=O) groups is 1.